The Balaban J connectivity index is 1.28. The van der Waals surface area contributed by atoms with Crippen LogP contribution in [0.1, 0.15) is 43.3 Å². The number of piperidine rings is 1. The highest BCUT2D eigenvalue weighted by molar-refractivity contribution is 5.08. The lowest BCUT2D eigenvalue weighted by Crippen LogP contribution is -2.36. The van der Waals surface area contributed by atoms with E-state index in [1.165, 1.54) is 18.9 Å². The molecule has 1 aliphatic carbocycles. The van der Waals surface area contributed by atoms with Crippen molar-refractivity contribution in [3.05, 3.63) is 46.8 Å². The van der Waals surface area contributed by atoms with Gasteiger partial charge in [-0.15, -0.1) is 0 Å². The summed E-state index contributed by atoms with van der Waals surface area (Å²) in [4.78, 5) is 22.6. The van der Waals surface area contributed by atoms with E-state index < -0.39 is 0 Å². The summed E-state index contributed by atoms with van der Waals surface area (Å²) < 4.78 is 7.56. The number of aromatic nitrogens is 3. The lowest BCUT2D eigenvalue weighted by atomic mass is 9.97. The Morgan fingerprint density at radius 3 is 2.78 bits per heavy atom. The van der Waals surface area contributed by atoms with Crippen LogP contribution < -0.4 is 5.56 Å². The Morgan fingerprint density at radius 1 is 1.22 bits per heavy atom. The minimum absolute atomic E-state index is 0.0369. The molecule has 0 bridgehead atoms. The first-order chi connectivity index (χ1) is 11.3. The number of nitrogens with zero attached hydrogens (tertiary/aromatic N) is 4. The molecule has 122 valence electrons. The van der Waals surface area contributed by atoms with Crippen LogP contribution in [0, 0.1) is 5.92 Å². The van der Waals surface area contributed by atoms with Crippen molar-refractivity contribution in [2.45, 2.75) is 44.7 Å². The summed E-state index contributed by atoms with van der Waals surface area (Å²) in [6.07, 6.45) is 9.76. The van der Waals surface area contributed by atoms with Crippen LogP contribution in [0.2, 0.25) is 0 Å². The van der Waals surface area contributed by atoms with Crippen molar-refractivity contribution >= 4 is 0 Å². The summed E-state index contributed by atoms with van der Waals surface area (Å²) >= 11 is 0. The Kier molecular flexibility index (Phi) is 3.99. The molecule has 3 heterocycles. The van der Waals surface area contributed by atoms with Crippen LogP contribution in [-0.4, -0.2) is 32.5 Å². The lowest BCUT2D eigenvalue weighted by Gasteiger charge is -2.31. The maximum Gasteiger partial charge on any atom is 0.253 e. The van der Waals surface area contributed by atoms with Gasteiger partial charge in [-0.2, -0.15) is 0 Å². The molecule has 0 N–H and O–H groups in total. The van der Waals surface area contributed by atoms with Gasteiger partial charge in [0.05, 0.1) is 19.1 Å². The first kappa shape index (κ1) is 14.6. The van der Waals surface area contributed by atoms with Gasteiger partial charge in [-0.1, -0.05) is 0 Å². The molecule has 1 saturated heterocycles. The molecule has 2 aromatic heterocycles. The second-order valence-electron chi connectivity index (χ2n) is 6.72. The molecular formula is C17H22N4O2. The van der Waals surface area contributed by atoms with Crippen molar-refractivity contribution in [3.63, 3.8) is 0 Å². The van der Waals surface area contributed by atoms with E-state index in [0.29, 0.717) is 11.8 Å². The van der Waals surface area contributed by atoms with Crippen molar-refractivity contribution < 1.29 is 4.42 Å². The van der Waals surface area contributed by atoms with Crippen LogP contribution in [0.5, 0.6) is 0 Å². The van der Waals surface area contributed by atoms with Gasteiger partial charge in [-0.25, -0.2) is 9.97 Å². The van der Waals surface area contributed by atoms with Crippen molar-refractivity contribution in [1.29, 1.82) is 0 Å². The molecule has 0 unspecified atom stereocenters. The van der Waals surface area contributed by atoms with Crippen LogP contribution in [-0.2, 0) is 13.1 Å². The molecular weight excluding hydrogens is 292 g/mol. The molecule has 1 aliphatic heterocycles. The molecule has 23 heavy (non-hydrogen) atoms. The van der Waals surface area contributed by atoms with Crippen molar-refractivity contribution in [2.24, 2.45) is 5.92 Å². The number of hydrogen-bond donors (Lipinski definition) is 0. The quantitative estimate of drug-likeness (QED) is 0.845. The molecule has 6 heteroatoms. The number of oxazole rings is 1. The Morgan fingerprint density at radius 2 is 2.04 bits per heavy atom. The van der Waals surface area contributed by atoms with Gasteiger partial charge in [-0.3, -0.25) is 14.3 Å². The first-order valence-electron chi connectivity index (χ1n) is 8.45. The molecule has 2 aliphatic rings. The zero-order valence-corrected chi connectivity index (χ0v) is 13.2. The molecule has 4 rings (SSSR count). The second-order valence-corrected chi connectivity index (χ2v) is 6.72. The second kappa shape index (κ2) is 6.28. The minimum Gasteiger partial charge on any atom is -0.444 e. The molecule has 2 aromatic rings. The Bertz CT molecular complexity index is 711. The highest BCUT2D eigenvalue weighted by Crippen LogP contribution is 2.40. The predicted octanol–water partition coefficient (Wildman–Crippen LogP) is 2.02. The van der Waals surface area contributed by atoms with Crippen LogP contribution in [0.3, 0.4) is 0 Å². The van der Waals surface area contributed by atoms with Gasteiger partial charge >= 0.3 is 0 Å². The minimum atomic E-state index is 0.0369. The third-order valence-corrected chi connectivity index (χ3v) is 4.86. The maximum absolute atomic E-state index is 11.8. The normalized spacial score (nSPS) is 20.0. The molecule has 0 amide bonds. The smallest absolute Gasteiger partial charge is 0.253 e. The van der Waals surface area contributed by atoms with Gasteiger partial charge in [0.25, 0.3) is 5.56 Å². The number of likely N-dealkylation sites (tertiary alicyclic amines) is 1. The van der Waals surface area contributed by atoms with Crippen LogP contribution in [0.15, 0.2) is 34.0 Å². The standard InChI is InChI=1S/C17H22N4O2/c22-17-3-6-18-12-21(17)10-13-4-7-20(8-5-13)11-16-19-9-15(23-16)14-1-2-14/h3,6,9,12-14H,1-2,4-5,7-8,10-11H2. The highest BCUT2D eigenvalue weighted by atomic mass is 16.4. The predicted molar refractivity (Wildman–Crippen MR) is 85.0 cm³/mol. The van der Waals surface area contributed by atoms with Gasteiger partial charge in [0.2, 0.25) is 5.89 Å². The molecule has 6 nitrogen and oxygen atoms in total. The van der Waals surface area contributed by atoms with Crippen molar-refractivity contribution in [2.75, 3.05) is 13.1 Å². The Labute approximate surface area is 135 Å². The zero-order chi connectivity index (χ0) is 15.6. The average molecular weight is 314 g/mol. The van der Waals surface area contributed by atoms with E-state index in [0.717, 1.165) is 50.7 Å². The van der Waals surface area contributed by atoms with Crippen molar-refractivity contribution in [1.82, 2.24) is 19.4 Å². The topological polar surface area (TPSA) is 64.2 Å². The summed E-state index contributed by atoms with van der Waals surface area (Å²) in [6, 6.07) is 1.52. The number of hydrogen-bond acceptors (Lipinski definition) is 5. The van der Waals surface area contributed by atoms with E-state index in [-0.39, 0.29) is 5.56 Å². The van der Waals surface area contributed by atoms with Crippen LogP contribution in [0.4, 0.5) is 0 Å². The molecule has 0 radical (unpaired) electrons. The van der Waals surface area contributed by atoms with Gasteiger partial charge in [0.1, 0.15) is 5.76 Å². The first-order valence-corrected chi connectivity index (χ1v) is 8.45. The van der Waals surface area contributed by atoms with E-state index in [4.69, 9.17) is 4.42 Å². The summed E-state index contributed by atoms with van der Waals surface area (Å²) in [6.45, 7) is 3.62. The molecule has 0 spiro atoms. The molecule has 0 atom stereocenters. The Hall–Kier alpha value is -1.95. The zero-order valence-electron chi connectivity index (χ0n) is 13.2. The van der Waals surface area contributed by atoms with Crippen LogP contribution in [0.25, 0.3) is 0 Å². The van der Waals surface area contributed by atoms with E-state index in [1.807, 2.05) is 6.20 Å². The van der Waals surface area contributed by atoms with Gasteiger partial charge < -0.3 is 4.42 Å². The van der Waals surface area contributed by atoms with Gasteiger partial charge in [0, 0.05) is 24.7 Å². The summed E-state index contributed by atoms with van der Waals surface area (Å²) in [5, 5.41) is 0. The van der Waals surface area contributed by atoms with Gasteiger partial charge in [-0.05, 0) is 44.7 Å². The van der Waals surface area contributed by atoms with E-state index >= 15 is 0 Å². The number of rotatable bonds is 5. The summed E-state index contributed by atoms with van der Waals surface area (Å²) in [7, 11) is 0. The average Bonchev–Trinajstić information content (AvgIpc) is 3.32. The van der Waals surface area contributed by atoms with E-state index in [9.17, 15) is 4.79 Å². The lowest BCUT2D eigenvalue weighted by molar-refractivity contribution is 0.153. The third kappa shape index (κ3) is 3.52. The third-order valence-electron chi connectivity index (χ3n) is 4.86. The maximum atomic E-state index is 11.8. The van der Waals surface area contributed by atoms with Crippen molar-refractivity contribution in [3.8, 4) is 0 Å². The fraction of sp³-hybridized carbons (Fsp3) is 0.588. The van der Waals surface area contributed by atoms with Crippen LogP contribution >= 0.6 is 0 Å². The van der Waals surface area contributed by atoms with E-state index in [1.54, 1.807) is 17.1 Å². The summed E-state index contributed by atoms with van der Waals surface area (Å²) in [5.41, 5.74) is 0.0369. The molecule has 0 aromatic carbocycles. The fourth-order valence-corrected chi connectivity index (χ4v) is 3.27. The SMILES string of the molecule is O=c1ccncn1CC1CCN(Cc2ncc(C3CC3)o2)CC1. The van der Waals surface area contributed by atoms with E-state index in [2.05, 4.69) is 14.9 Å². The monoisotopic (exact) mass is 314 g/mol. The summed E-state index contributed by atoms with van der Waals surface area (Å²) in [5.74, 6) is 3.07. The molecule has 1 saturated carbocycles. The highest BCUT2D eigenvalue weighted by Gasteiger charge is 2.28. The molecule has 2 fully saturated rings. The van der Waals surface area contributed by atoms with Gasteiger partial charge in [0.15, 0.2) is 0 Å². The fourth-order valence-electron chi connectivity index (χ4n) is 3.27. The largest absolute Gasteiger partial charge is 0.444 e.